The van der Waals surface area contributed by atoms with E-state index < -0.39 is 22.0 Å². The highest BCUT2D eigenvalue weighted by molar-refractivity contribution is 7.89. The van der Waals surface area contributed by atoms with E-state index in [2.05, 4.69) is 10.6 Å². The van der Waals surface area contributed by atoms with Crippen molar-refractivity contribution in [2.45, 2.75) is 24.3 Å². The third-order valence-corrected chi connectivity index (χ3v) is 4.17. The van der Waals surface area contributed by atoms with Crippen molar-refractivity contribution in [3.63, 3.8) is 0 Å². The van der Waals surface area contributed by atoms with Crippen LogP contribution in [0.2, 0.25) is 5.02 Å². The molecule has 0 spiro atoms. The lowest BCUT2D eigenvalue weighted by atomic mass is 10.2. The molecule has 0 heterocycles. The fourth-order valence-electron chi connectivity index (χ4n) is 1.33. The fourth-order valence-corrected chi connectivity index (χ4v) is 2.92. The molecule has 19 heavy (non-hydrogen) atoms. The minimum atomic E-state index is -3.82. The molecule has 0 amide bonds. The molecule has 0 saturated heterocycles. The summed E-state index contributed by atoms with van der Waals surface area (Å²) in [6.45, 7) is 1.74. The highest BCUT2D eigenvalue weighted by atomic mass is 35.5. The Hall–Kier alpha value is -1.55. The molecule has 7 heteroatoms. The van der Waals surface area contributed by atoms with Crippen LogP contribution in [0.3, 0.4) is 0 Å². The van der Waals surface area contributed by atoms with Gasteiger partial charge < -0.3 is 5.11 Å². The molecule has 0 aliphatic heterocycles. The van der Waals surface area contributed by atoms with Gasteiger partial charge in [0.05, 0.1) is 21.5 Å². The van der Waals surface area contributed by atoms with Crippen molar-refractivity contribution in [2.75, 3.05) is 0 Å². The van der Waals surface area contributed by atoms with Gasteiger partial charge in [-0.2, -0.15) is 4.72 Å². The second-order valence-corrected chi connectivity index (χ2v) is 5.82. The van der Waals surface area contributed by atoms with Crippen LogP contribution in [0.1, 0.15) is 23.7 Å². The highest BCUT2D eigenvalue weighted by Gasteiger charge is 2.20. The van der Waals surface area contributed by atoms with Crippen LogP contribution >= 0.6 is 11.6 Å². The van der Waals surface area contributed by atoms with E-state index in [1.165, 1.54) is 6.07 Å². The molecule has 2 N–H and O–H groups in total. The molecular weight excluding hydrogens is 290 g/mol. The number of aromatic carboxylic acids is 1. The zero-order valence-electron chi connectivity index (χ0n) is 10.1. The van der Waals surface area contributed by atoms with Crippen molar-refractivity contribution >= 4 is 27.6 Å². The molecule has 0 saturated carbocycles. The molecule has 0 radical (unpaired) electrons. The van der Waals surface area contributed by atoms with Gasteiger partial charge >= 0.3 is 5.97 Å². The van der Waals surface area contributed by atoms with Crippen LogP contribution in [-0.2, 0) is 10.0 Å². The zero-order valence-corrected chi connectivity index (χ0v) is 11.6. The van der Waals surface area contributed by atoms with Crippen molar-refractivity contribution in [1.29, 1.82) is 0 Å². The Kier molecular flexibility index (Phi) is 4.95. The van der Waals surface area contributed by atoms with Crippen LogP contribution in [0.5, 0.6) is 0 Å². The Morgan fingerprint density at radius 1 is 1.58 bits per heavy atom. The Balaban J connectivity index is 3.14. The molecule has 0 fully saturated rings. The van der Waals surface area contributed by atoms with Crippen molar-refractivity contribution < 1.29 is 18.3 Å². The lowest BCUT2D eigenvalue weighted by molar-refractivity contribution is 0.0697. The van der Waals surface area contributed by atoms with Gasteiger partial charge in [0, 0.05) is 0 Å². The topological polar surface area (TPSA) is 83.5 Å². The van der Waals surface area contributed by atoms with E-state index in [1.54, 1.807) is 6.92 Å². The SMILES string of the molecule is C#CC(CC)NS(=O)(=O)c1ccc(C(=O)O)c(Cl)c1. The molecule has 0 aromatic heterocycles. The van der Waals surface area contributed by atoms with E-state index in [9.17, 15) is 13.2 Å². The first-order valence-electron chi connectivity index (χ1n) is 5.33. The Morgan fingerprint density at radius 3 is 2.63 bits per heavy atom. The minimum absolute atomic E-state index is 0.129. The molecule has 5 nitrogen and oxygen atoms in total. The fraction of sp³-hybridized carbons (Fsp3) is 0.250. The number of halogens is 1. The lowest BCUT2D eigenvalue weighted by Gasteiger charge is -2.12. The Morgan fingerprint density at radius 2 is 2.21 bits per heavy atom. The number of hydrogen-bond donors (Lipinski definition) is 2. The maximum atomic E-state index is 12.0. The lowest BCUT2D eigenvalue weighted by Crippen LogP contribution is -2.33. The maximum absolute atomic E-state index is 12.0. The summed E-state index contributed by atoms with van der Waals surface area (Å²) in [6, 6.07) is 2.76. The average Bonchev–Trinajstić information content (AvgIpc) is 2.35. The van der Waals surface area contributed by atoms with Gasteiger partial charge in [-0.25, -0.2) is 13.2 Å². The number of carboxylic acids is 1. The second kappa shape index (κ2) is 6.06. The van der Waals surface area contributed by atoms with Crippen molar-refractivity contribution in [2.24, 2.45) is 0 Å². The third-order valence-electron chi connectivity index (χ3n) is 2.39. The number of terminal acetylenes is 1. The van der Waals surface area contributed by atoms with Gasteiger partial charge in [0.2, 0.25) is 10.0 Å². The summed E-state index contributed by atoms with van der Waals surface area (Å²) in [7, 11) is -3.82. The van der Waals surface area contributed by atoms with Crippen LogP contribution < -0.4 is 4.72 Å². The first-order valence-corrected chi connectivity index (χ1v) is 7.19. The van der Waals surface area contributed by atoms with Crippen LogP contribution in [-0.4, -0.2) is 25.5 Å². The molecule has 1 atom stereocenters. The number of carboxylic acid groups (broad SMARTS) is 1. The van der Waals surface area contributed by atoms with Gasteiger partial charge in [-0.15, -0.1) is 6.42 Å². The smallest absolute Gasteiger partial charge is 0.337 e. The molecule has 1 aromatic carbocycles. The van der Waals surface area contributed by atoms with Crippen molar-refractivity contribution in [3.8, 4) is 12.3 Å². The summed E-state index contributed by atoms with van der Waals surface area (Å²) in [6.07, 6.45) is 5.62. The summed E-state index contributed by atoms with van der Waals surface area (Å²) in [4.78, 5) is 10.6. The van der Waals surface area contributed by atoms with E-state index in [4.69, 9.17) is 23.1 Å². The summed E-state index contributed by atoms with van der Waals surface area (Å²) in [5.74, 6) is 1.08. The van der Waals surface area contributed by atoms with Gasteiger partial charge in [0.1, 0.15) is 0 Å². The second-order valence-electron chi connectivity index (χ2n) is 3.70. The summed E-state index contributed by atoms with van der Waals surface area (Å²) >= 11 is 5.72. The molecular formula is C12H12ClNO4S. The number of rotatable bonds is 5. The van der Waals surface area contributed by atoms with E-state index in [0.717, 1.165) is 12.1 Å². The first-order chi connectivity index (χ1) is 8.81. The summed E-state index contributed by atoms with van der Waals surface area (Å²) in [5.41, 5.74) is -0.162. The Bertz CT molecular complexity index is 634. The molecule has 0 aliphatic rings. The van der Waals surface area contributed by atoms with Crippen LogP contribution in [0, 0.1) is 12.3 Å². The van der Waals surface area contributed by atoms with Gasteiger partial charge in [0.15, 0.2) is 0 Å². The molecule has 0 aliphatic carbocycles. The van der Waals surface area contributed by atoms with Gasteiger partial charge in [-0.1, -0.05) is 24.4 Å². The molecule has 1 unspecified atom stereocenters. The third kappa shape index (κ3) is 3.70. The highest BCUT2D eigenvalue weighted by Crippen LogP contribution is 2.21. The number of hydrogen-bond acceptors (Lipinski definition) is 3. The van der Waals surface area contributed by atoms with E-state index in [-0.39, 0.29) is 15.5 Å². The quantitative estimate of drug-likeness (QED) is 0.811. The average molecular weight is 302 g/mol. The maximum Gasteiger partial charge on any atom is 0.337 e. The molecule has 1 aromatic rings. The van der Waals surface area contributed by atoms with Crippen molar-refractivity contribution in [3.05, 3.63) is 28.8 Å². The van der Waals surface area contributed by atoms with Gasteiger partial charge in [-0.3, -0.25) is 0 Å². The zero-order chi connectivity index (χ0) is 14.6. The largest absolute Gasteiger partial charge is 0.478 e. The van der Waals surface area contributed by atoms with Crippen LogP contribution in [0.25, 0.3) is 0 Å². The number of nitrogens with one attached hydrogen (secondary N) is 1. The molecule has 102 valence electrons. The number of carbonyl (C=O) groups is 1. The van der Waals surface area contributed by atoms with Crippen LogP contribution in [0.4, 0.5) is 0 Å². The number of sulfonamides is 1. The number of benzene rings is 1. The van der Waals surface area contributed by atoms with Gasteiger partial charge in [0.25, 0.3) is 0 Å². The standard InChI is InChI=1S/C12H12ClNO4S/c1-3-8(4-2)14-19(17,18)9-5-6-10(12(15)16)11(13)7-9/h1,5-8,14H,4H2,2H3,(H,15,16). The summed E-state index contributed by atoms with van der Waals surface area (Å²) < 4.78 is 26.3. The van der Waals surface area contributed by atoms with E-state index >= 15 is 0 Å². The molecule has 0 bridgehead atoms. The summed E-state index contributed by atoms with van der Waals surface area (Å²) in [5, 5.41) is 8.66. The first kappa shape index (κ1) is 15.5. The van der Waals surface area contributed by atoms with Gasteiger partial charge in [-0.05, 0) is 24.6 Å². The molecule has 1 rings (SSSR count). The van der Waals surface area contributed by atoms with E-state index in [1.807, 2.05) is 0 Å². The van der Waals surface area contributed by atoms with Crippen molar-refractivity contribution in [1.82, 2.24) is 4.72 Å². The van der Waals surface area contributed by atoms with Crippen LogP contribution in [0.15, 0.2) is 23.1 Å². The normalized spacial score (nSPS) is 12.7. The van der Waals surface area contributed by atoms with E-state index in [0.29, 0.717) is 6.42 Å². The Labute approximate surface area is 116 Å². The predicted molar refractivity (Wildman–Crippen MR) is 71.6 cm³/mol. The monoisotopic (exact) mass is 301 g/mol. The minimum Gasteiger partial charge on any atom is -0.478 e. The predicted octanol–water partition coefficient (Wildman–Crippen LogP) is 1.73.